The summed E-state index contributed by atoms with van der Waals surface area (Å²) in [7, 11) is -3.83. The van der Waals surface area contributed by atoms with Crippen molar-refractivity contribution in [3.8, 4) is 0 Å². The van der Waals surface area contributed by atoms with Gasteiger partial charge in [-0.15, -0.1) is 0 Å². The molecule has 4 bridgehead atoms. The van der Waals surface area contributed by atoms with Crippen molar-refractivity contribution < 1.29 is 18.0 Å². The molecular weight excluding hydrogens is 686 g/mol. The first-order valence-corrected chi connectivity index (χ1v) is 20.0. The predicted molar refractivity (Wildman–Crippen MR) is 195 cm³/mol. The first-order chi connectivity index (χ1) is 22.9. The van der Waals surface area contributed by atoms with Crippen LogP contribution in [0.1, 0.15) is 69.1 Å². The highest BCUT2D eigenvalue weighted by molar-refractivity contribution is 9.10. The second kappa shape index (κ2) is 14.4. The average Bonchev–Trinajstić information content (AvgIpc) is 3.04. The van der Waals surface area contributed by atoms with E-state index in [2.05, 4.69) is 33.4 Å². The SMILES string of the molecule is CC(C)CNC(=O)[C@@H](Cc1ccccc1)N(Cc1ccc(Br)cc1)C(=O)CN(c1ccc(C23CC4CC(CC(C4)C2)C3)cc1)S(C)(=O)=O. The maximum atomic E-state index is 14.4. The zero-order valence-corrected chi connectivity index (χ0v) is 30.7. The number of benzene rings is 3. The Kier molecular flexibility index (Phi) is 10.4. The molecule has 4 aliphatic rings. The summed E-state index contributed by atoms with van der Waals surface area (Å²) in [6.07, 6.45) is 9.18. The van der Waals surface area contributed by atoms with Gasteiger partial charge in [0, 0.05) is 24.0 Å². The molecule has 4 saturated carbocycles. The molecular formula is C39H48BrN3O4S. The number of rotatable bonds is 13. The van der Waals surface area contributed by atoms with Crippen molar-refractivity contribution >= 4 is 43.5 Å². The molecule has 3 aromatic carbocycles. The highest BCUT2D eigenvalue weighted by atomic mass is 79.9. The molecule has 1 N–H and O–H groups in total. The Labute approximate surface area is 294 Å². The van der Waals surface area contributed by atoms with E-state index in [1.807, 2.05) is 80.6 Å². The van der Waals surface area contributed by atoms with E-state index in [1.165, 1.54) is 48.4 Å². The van der Waals surface area contributed by atoms with Crippen LogP contribution in [-0.4, -0.2) is 50.5 Å². The zero-order chi connectivity index (χ0) is 34.1. The van der Waals surface area contributed by atoms with Crippen LogP contribution in [0, 0.1) is 23.7 Å². The maximum Gasteiger partial charge on any atom is 0.244 e. The number of carbonyl (C=O) groups is 2. The molecule has 0 unspecified atom stereocenters. The molecule has 7 nitrogen and oxygen atoms in total. The van der Waals surface area contributed by atoms with Crippen molar-refractivity contribution in [1.82, 2.24) is 10.2 Å². The minimum Gasteiger partial charge on any atom is -0.354 e. The summed E-state index contributed by atoms with van der Waals surface area (Å²) in [6.45, 7) is 4.26. The van der Waals surface area contributed by atoms with Crippen LogP contribution in [0.2, 0.25) is 0 Å². The molecule has 9 heteroatoms. The van der Waals surface area contributed by atoms with Crippen LogP contribution in [0.5, 0.6) is 0 Å². The highest BCUT2D eigenvalue weighted by Crippen LogP contribution is 2.60. The smallest absolute Gasteiger partial charge is 0.244 e. The molecule has 0 heterocycles. The second-order valence-corrected chi connectivity index (χ2v) is 17.8. The summed E-state index contributed by atoms with van der Waals surface area (Å²) in [6, 6.07) is 24.4. The summed E-state index contributed by atoms with van der Waals surface area (Å²) in [5.74, 6) is 1.94. The summed E-state index contributed by atoms with van der Waals surface area (Å²) in [4.78, 5) is 29.8. The molecule has 0 spiro atoms. The van der Waals surface area contributed by atoms with E-state index in [4.69, 9.17) is 0 Å². The molecule has 3 aromatic rings. The predicted octanol–water partition coefficient (Wildman–Crippen LogP) is 7.10. The van der Waals surface area contributed by atoms with Crippen molar-refractivity contribution in [2.75, 3.05) is 23.7 Å². The van der Waals surface area contributed by atoms with Crippen LogP contribution >= 0.6 is 15.9 Å². The number of nitrogens with zero attached hydrogens (tertiary/aromatic N) is 2. The van der Waals surface area contributed by atoms with Crippen molar-refractivity contribution in [3.63, 3.8) is 0 Å². The molecule has 7 rings (SSSR count). The fourth-order valence-corrected chi connectivity index (χ4v) is 9.94. The van der Waals surface area contributed by atoms with Crippen LogP contribution in [0.15, 0.2) is 83.3 Å². The third-order valence-electron chi connectivity index (χ3n) is 10.7. The van der Waals surface area contributed by atoms with Gasteiger partial charge in [-0.1, -0.05) is 84.4 Å². The minimum atomic E-state index is -3.83. The van der Waals surface area contributed by atoms with Crippen molar-refractivity contribution in [2.24, 2.45) is 23.7 Å². The molecule has 0 radical (unpaired) electrons. The Morgan fingerprint density at radius 1 is 0.854 bits per heavy atom. The highest BCUT2D eigenvalue weighted by Gasteiger charge is 2.51. The Morgan fingerprint density at radius 2 is 1.44 bits per heavy atom. The third-order valence-corrected chi connectivity index (χ3v) is 12.4. The summed E-state index contributed by atoms with van der Waals surface area (Å²) < 4.78 is 28.8. The normalized spacial score (nSPS) is 23.6. The number of hydrogen-bond acceptors (Lipinski definition) is 4. The van der Waals surface area contributed by atoms with Gasteiger partial charge >= 0.3 is 0 Å². The van der Waals surface area contributed by atoms with E-state index in [0.717, 1.165) is 39.6 Å². The number of carbonyl (C=O) groups excluding carboxylic acids is 2. The van der Waals surface area contributed by atoms with Gasteiger partial charge in [-0.05, 0) is 109 Å². The summed E-state index contributed by atoms with van der Waals surface area (Å²) in [5, 5.41) is 3.04. The van der Waals surface area contributed by atoms with Gasteiger partial charge in [-0.25, -0.2) is 8.42 Å². The second-order valence-electron chi connectivity index (χ2n) is 15.0. The lowest BCUT2D eigenvalue weighted by molar-refractivity contribution is -0.140. The minimum absolute atomic E-state index is 0.154. The van der Waals surface area contributed by atoms with Gasteiger partial charge in [-0.3, -0.25) is 13.9 Å². The lowest BCUT2D eigenvalue weighted by Gasteiger charge is -2.57. The fourth-order valence-electron chi connectivity index (χ4n) is 8.82. The lowest BCUT2D eigenvalue weighted by Crippen LogP contribution is -2.53. The molecule has 48 heavy (non-hydrogen) atoms. The van der Waals surface area contributed by atoms with Crippen molar-refractivity contribution in [2.45, 2.75) is 76.8 Å². The topological polar surface area (TPSA) is 86.8 Å². The van der Waals surface area contributed by atoms with Gasteiger partial charge in [-0.2, -0.15) is 0 Å². The lowest BCUT2D eigenvalue weighted by atomic mass is 9.48. The molecule has 4 fully saturated rings. The van der Waals surface area contributed by atoms with Gasteiger partial charge in [0.1, 0.15) is 12.6 Å². The van der Waals surface area contributed by atoms with Crippen molar-refractivity contribution in [1.29, 1.82) is 0 Å². The average molecular weight is 735 g/mol. The van der Waals surface area contributed by atoms with Gasteiger partial charge in [0.05, 0.1) is 11.9 Å². The molecule has 1 atom stereocenters. The number of sulfonamides is 1. The van der Waals surface area contributed by atoms with E-state index in [1.54, 1.807) is 4.90 Å². The standard InChI is InChI=1S/C39H48BrN3O4S/c1-27(2)24-41-38(45)36(20-28-7-5-4-6-8-28)42(25-29-9-13-34(40)14-10-29)37(44)26-43(48(3,46)47)35-15-11-33(12-16-35)39-21-30-17-31(22-39)19-32(18-30)23-39/h4-16,27,30-32,36H,17-26H2,1-3H3,(H,41,45)/t30?,31?,32?,36-,39?/m1/s1. The summed E-state index contributed by atoms with van der Waals surface area (Å²) in [5.41, 5.74) is 3.70. The Balaban J connectivity index is 1.30. The Hall–Kier alpha value is -3.17. The Morgan fingerprint density at radius 3 is 1.98 bits per heavy atom. The number of amides is 2. The zero-order valence-electron chi connectivity index (χ0n) is 28.3. The van der Waals surface area contributed by atoms with Crippen LogP contribution < -0.4 is 9.62 Å². The Bertz CT molecular complexity index is 1660. The quantitative estimate of drug-likeness (QED) is 0.203. The van der Waals surface area contributed by atoms with E-state index >= 15 is 0 Å². The number of hydrogen-bond donors (Lipinski definition) is 1. The van der Waals surface area contributed by atoms with E-state index in [0.29, 0.717) is 18.7 Å². The maximum absolute atomic E-state index is 14.4. The molecule has 4 aliphatic carbocycles. The van der Waals surface area contributed by atoms with Gasteiger partial charge in [0.25, 0.3) is 0 Å². The van der Waals surface area contributed by atoms with E-state index < -0.39 is 28.5 Å². The van der Waals surface area contributed by atoms with E-state index in [-0.39, 0.29) is 23.8 Å². The molecule has 0 aliphatic heterocycles. The molecule has 256 valence electrons. The fraction of sp³-hybridized carbons (Fsp3) is 0.487. The van der Waals surface area contributed by atoms with Crippen LogP contribution in [0.25, 0.3) is 0 Å². The van der Waals surface area contributed by atoms with Crippen LogP contribution in [0.3, 0.4) is 0 Å². The molecule has 2 amide bonds. The van der Waals surface area contributed by atoms with Crippen molar-refractivity contribution in [3.05, 3.63) is 100 Å². The first-order valence-electron chi connectivity index (χ1n) is 17.3. The largest absolute Gasteiger partial charge is 0.354 e. The van der Waals surface area contributed by atoms with Gasteiger partial charge < -0.3 is 10.2 Å². The number of anilines is 1. The first kappa shape index (κ1) is 34.7. The van der Waals surface area contributed by atoms with Gasteiger partial charge in [0.15, 0.2) is 0 Å². The monoisotopic (exact) mass is 733 g/mol. The van der Waals surface area contributed by atoms with Crippen LogP contribution in [-0.2, 0) is 38.0 Å². The number of halogens is 1. The van der Waals surface area contributed by atoms with Gasteiger partial charge in [0.2, 0.25) is 21.8 Å². The molecule has 0 aromatic heterocycles. The molecule has 0 saturated heterocycles. The van der Waals surface area contributed by atoms with E-state index in [9.17, 15) is 18.0 Å². The number of nitrogens with one attached hydrogen (secondary N) is 1. The van der Waals surface area contributed by atoms with Crippen LogP contribution in [0.4, 0.5) is 5.69 Å². The summed E-state index contributed by atoms with van der Waals surface area (Å²) >= 11 is 3.48. The third kappa shape index (κ3) is 7.99.